The van der Waals surface area contributed by atoms with Crippen LogP contribution in [-0.2, 0) is 9.84 Å². The molecule has 1 unspecified atom stereocenters. The topological polar surface area (TPSA) is 93.4 Å². The normalized spacial score (nSPS) is 20.7. The van der Waals surface area contributed by atoms with E-state index in [0.717, 1.165) is 10.2 Å². The van der Waals surface area contributed by atoms with Crippen molar-refractivity contribution < 1.29 is 13.2 Å². The average molecular weight is 325 g/mol. The fourth-order valence-corrected chi connectivity index (χ4v) is 5.07. The molecule has 1 saturated heterocycles. The highest BCUT2D eigenvalue weighted by Crippen LogP contribution is 2.26. The van der Waals surface area contributed by atoms with Gasteiger partial charge in [0, 0.05) is 18.7 Å². The van der Waals surface area contributed by atoms with Gasteiger partial charge < -0.3 is 10.6 Å². The van der Waals surface area contributed by atoms with Crippen LogP contribution in [0, 0.1) is 0 Å². The van der Waals surface area contributed by atoms with E-state index in [1.54, 1.807) is 25.2 Å². The van der Waals surface area contributed by atoms with Gasteiger partial charge in [-0.1, -0.05) is 11.3 Å². The Morgan fingerprint density at radius 3 is 2.90 bits per heavy atom. The van der Waals surface area contributed by atoms with Gasteiger partial charge in [0.1, 0.15) is 0 Å². The van der Waals surface area contributed by atoms with Gasteiger partial charge in [0.25, 0.3) is 5.91 Å². The first-order valence-corrected chi connectivity index (χ1v) is 9.13. The summed E-state index contributed by atoms with van der Waals surface area (Å²) in [5.74, 6) is 0.0241. The molecule has 1 amide bonds. The summed E-state index contributed by atoms with van der Waals surface area (Å²) in [5, 5.41) is 0.463. The zero-order valence-corrected chi connectivity index (χ0v) is 13.1. The average Bonchev–Trinajstić information content (AvgIpc) is 2.97. The SMILES string of the molecule is CN(C(=O)c1ccc2nc(N)sc2c1)C1CCS(=O)(=O)C1. The van der Waals surface area contributed by atoms with Gasteiger partial charge in [0.2, 0.25) is 0 Å². The van der Waals surface area contributed by atoms with E-state index in [1.807, 2.05) is 0 Å². The molecule has 3 rings (SSSR count). The number of anilines is 1. The summed E-state index contributed by atoms with van der Waals surface area (Å²) < 4.78 is 23.9. The highest BCUT2D eigenvalue weighted by Gasteiger charge is 2.33. The summed E-state index contributed by atoms with van der Waals surface area (Å²) in [4.78, 5) is 18.1. The Balaban J connectivity index is 1.86. The number of aromatic nitrogens is 1. The molecule has 0 saturated carbocycles. The number of nitrogens with two attached hydrogens (primary N) is 1. The standard InChI is InChI=1S/C13H15N3O3S2/c1-16(9-4-5-21(18,19)7-9)12(17)8-2-3-10-11(6-8)20-13(14)15-10/h2-3,6,9H,4-5,7H2,1H3,(H2,14,15). The monoisotopic (exact) mass is 325 g/mol. The molecule has 1 aliphatic heterocycles. The van der Waals surface area contributed by atoms with Crippen LogP contribution in [0.1, 0.15) is 16.8 Å². The Morgan fingerprint density at radius 1 is 1.48 bits per heavy atom. The summed E-state index contributed by atoms with van der Waals surface area (Å²) in [6.07, 6.45) is 0.500. The van der Waals surface area contributed by atoms with Crippen LogP contribution >= 0.6 is 11.3 Å². The number of carbonyl (C=O) groups is 1. The summed E-state index contributed by atoms with van der Waals surface area (Å²) in [5.41, 5.74) is 6.94. The first-order chi connectivity index (χ1) is 9.85. The van der Waals surface area contributed by atoms with E-state index in [0.29, 0.717) is 17.1 Å². The lowest BCUT2D eigenvalue weighted by Crippen LogP contribution is -2.37. The van der Waals surface area contributed by atoms with E-state index in [9.17, 15) is 13.2 Å². The third kappa shape index (κ3) is 2.73. The maximum absolute atomic E-state index is 12.5. The molecule has 1 aromatic carbocycles. The van der Waals surface area contributed by atoms with Crippen LogP contribution in [0.2, 0.25) is 0 Å². The number of hydrogen-bond acceptors (Lipinski definition) is 6. The minimum Gasteiger partial charge on any atom is -0.375 e. The minimum absolute atomic E-state index is 0.0466. The zero-order chi connectivity index (χ0) is 15.2. The maximum Gasteiger partial charge on any atom is 0.253 e. The van der Waals surface area contributed by atoms with Gasteiger partial charge >= 0.3 is 0 Å². The molecule has 1 aromatic heterocycles. The molecule has 8 heteroatoms. The molecule has 1 aliphatic rings. The van der Waals surface area contributed by atoms with Crippen molar-refractivity contribution in [2.45, 2.75) is 12.5 Å². The molecule has 112 valence electrons. The van der Waals surface area contributed by atoms with Gasteiger partial charge in [-0.3, -0.25) is 4.79 Å². The molecule has 1 atom stereocenters. The Morgan fingerprint density at radius 2 is 2.24 bits per heavy atom. The molecule has 2 heterocycles. The van der Waals surface area contributed by atoms with Crippen LogP contribution < -0.4 is 5.73 Å². The lowest BCUT2D eigenvalue weighted by Gasteiger charge is -2.23. The van der Waals surface area contributed by atoms with E-state index in [2.05, 4.69) is 4.98 Å². The van der Waals surface area contributed by atoms with E-state index in [1.165, 1.54) is 16.2 Å². The molecule has 0 bridgehead atoms. The van der Waals surface area contributed by atoms with E-state index in [-0.39, 0.29) is 23.5 Å². The van der Waals surface area contributed by atoms with Gasteiger partial charge in [-0.25, -0.2) is 13.4 Å². The Bertz CT molecular complexity index is 813. The number of carbonyl (C=O) groups excluding carboxylic acids is 1. The molecule has 21 heavy (non-hydrogen) atoms. The van der Waals surface area contributed by atoms with Crippen LogP contribution in [0.15, 0.2) is 18.2 Å². The van der Waals surface area contributed by atoms with Crippen LogP contribution in [-0.4, -0.2) is 48.8 Å². The number of thiazole rings is 1. The number of nitrogens with zero attached hydrogens (tertiary/aromatic N) is 2. The lowest BCUT2D eigenvalue weighted by atomic mass is 10.1. The largest absolute Gasteiger partial charge is 0.375 e. The van der Waals surface area contributed by atoms with Crippen molar-refractivity contribution in [2.75, 3.05) is 24.3 Å². The quantitative estimate of drug-likeness (QED) is 0.893. The maximum atomic E-state index is 12.5. The van der Waals surface area contributed by atoms with Crippen LogP contribution in [0.25, 0.3) is 10.2 Å². The molecular formula is C13H15N3O3S2. The number of benzene rings is 1. The van der Waals surface area contributed by atoms with Gasteiger partial charge in [-0.2, -0.15) is 0 Å². The second-order valence-corrected chi connectivity index (χ2v) is 8.50. The third-order valence-corrected chi connectivity index (χ3v) is 6.33. The fraction of sp³-hybridized carbons (Fsp3) is 0.385. The second-order valence-electron chi connectivity index (χ2n) is 5.21. The summed E-state index contributed by atoms with van der Waals surface area (Å²) in [6.45, 7) is 0. The first-order valence-electron chi connectivity index (χ1n) is 6.49. The predicted molar refractivity (Wildman–Crippen MR) is 83.2 cm³/mol. The van der Waals surface area contributed by atoms with Crippen LogP contribution in [0.5, 0.6) is 0 Å². The lowest BCUT2D eigenvalue weighted by molar-refractivity contribution is 0.0748. The minimum atomic E-state index is -3.01. The van der Waals surface area contributed by atoms with Crippen LogP contribution in [0.4, 0.5) is 5.13 Å². The van der Waals surface area contributed by atoms with Crippen molar-refractivity contribution in [3.8, 4) is 0 Å². The molecular weight excluding hydrogens is 310 g/mol. The first kappa shape index (κ1) is 14.3. The van der Waals surface area contributed by atoms with Gasteiger partial charge in [-0.05, 0) is 24.6 Å². The Kier molecular flexibility index (Phi) is 3.37. The summed E-state index contributed by atoms with van der Waals surface area (Å²) >= 11 is 1.33. The number of nitrogen functional groups attached to an aromatic ring is 1. The molecule has 0 spiro atoms. The molecule has 6 nitrogen and oxygen atoms in total. The van der Waals surface area contributed by atoms with E-state index in [4.69, 9.17) is 5.73 Å². The number of sulfone groups is 1. The van der Waals surface area contributed by atoms with Gasteiger partial charge in [0.15, 0.2) is 15.0 Å². The van der Waals surface area contributed by atoms with Crippen molar-refractivity contribution >= 4 is 42.4 Å². The smallest absolute Gasteiger partial charge is 0.253 e. The predicted octanol–water partition coefficient (Wildman–Crippen LogP) is 1.14. The second kappa shape index (κ2) is 4.96. The van der Waals surface area contributed by atoms with Crippen LogP contribution in [0.3, 0.4) is 0 Å². The summed E-state index contributed by atoms with van der Waals surface area (Å²) in [6, 6.07) is 4.97. The molecule has 1 fully saturated rings. The van der Waals surface area contributed by atoms with E-state index < -0.39 is 9.84 Å². The third-order valence-electron chi connectivity index (χ3n) is 3.73. The molecule has 2 N–H and O–H groups in total. The number of hydrogen-bond donors (Lipinski definition) is 1. The van der Waals surface area contributed by atoms with Gasteiger partial charge in [0.05, 0.1) is 21.7 Å². The Labute approximate surface area is 126 Å². The van der Waals surface area contributed by atoms with Crippen molar-refractivity contribution in [2.24, 2.45) is 0 Å². The number of rotatable bonds is 2. The van der Waals surface area contributed by atoms with Crippen molar-refractivity contribution in [3.05, 3.63) is 23.8 Å². The van der Waals surface area contributed by atoms with Crippen molar-refractivity contribution in [3.63, 3.8) is 0 Å². The Hall–Kier alpha value is -1.67. The van der Waals surface area contributed by atoms with Crippen molar-refractivity contribution in [1.29, 1.82) is 0 Å². The number of fused-ring (bicyclic) bond motifs is 1. The molecule has 0 aliphatic carbocycles. The number of amides is 1. The van der Waals surface area contributed by atoms with Crippen molar-refractivity contribution in [1.82, 2.24) is 9.88 Å². The van der Waals surface area contributed by atoms with E-state index >= 15 is 0 Å². The van der Waals surface area contributed by atoms with Gasteiger partial charge in [-0.15, -0.1) is 0 Å². The fourth-order valence-electron chi connectivity index (χ4n) is 2.53. The molecule has 2 aromatic rings. The zero-order valence-electron chi connectivity index (χ0n) is 11.4. The molecule has 0 radical (unpaired) electrons. The highest BCUT2D eigenvalue weighted by atomic mass is 32.2. The summed E-state index contributed by atoms with van der Waals surface area (Å²) in [7, 11) is -1.35. The highest BCUT2D eigenvalue weighted by molar-refractivity contribution is 7.91.